The number of rotatable bonds is 17. The number of carbonyl (C=O) groups excluding carboxylic acids is 6. The van der Waals surface area contributed by atoms with E-state index in [-0.39, 0.29) is 44.0 Å². The molecule has 0 aromatic heterocycles. The summed E-state index contributed by atoms with van der Waals surface area (Å²) in [6.45, 7) is 0.727. The Balaban J connectivity index is 1.10. The van der Waals surface area contributed by atoms with Crippen molar-refractivity contribution < 1.29 is 43.8 Å². The third-order valence-corrected chi connectivity index (χ3v) is 11.3. The predicted octanol–water partition coefficient (Wildman–Crippen LogP) is 0.809. The number of nitrogens with zero attached hydrogens (tertiary/aromatic N) is 2. The summed E-state index contributed by atoms with van der Waals surface area (Å²) < 4.78 is 0. The van der Waals surface area contributed by atoms with Crippen LogP contribution in [-0.4, -0.2) is 124 Å². The van der Waals surface area contributed by atoms with E-state index in [0.717, 1.165) is 17.5 Å². The Morgan fingerprint density at radius 2 is 1.17 bits per heavy atom. The fourth-order valence-corrected chi connectivity index (χ4v) is 8.12. The van der Waals surface area contributed by atoms with Crippen molar-refractivity contribution in [3.05, 3.63) is 102 Å². The number of aliphatic carboxylic acids is 1. The monoisotopic (exact) mass is 823 g/mol. The van der Waals surface area contributed by atoms with E-state index in [1.807, 2.05) is 30.3 Å². The van der Waals surface area contributed by atoms with Crippen LogP contribution >= 0.6 is 0 Å². The Morgan fingerprint density at radius 1 is 0.617 bits per heavy atom. The van der Waals surface area contributed by atoms with E-state index in [0.29, 0.717) is 44.2 Å². The van der Waals surface area contributed by atoms with Gasteiger partial charge in [-0.15, -0.1) is 0 Å². The van der Waals surface area contributed by atoms with Crippen molar-refractivity contribution in [2.45, 2.75) is 94.0 Å². The van der Waals surface area contributed by atoms with Crippen LogP contribution < -0.4 is 26.6 Å². The van der Waals surface area contributed by atoms with E-state index in [4.69, 9.17) is 0 Å². The highest BCUT2D eigenvalue weighted by molar-refractivity contribution is 5.97. The SMILES string of the molecule is O=C(O)[C@H](Cc1ccccc1)NC(=O)[C@@H]1CCCN1C(=O)CNC(=O)[C@@H]1CCCN1C(=O)[C@H](Cc1ccccc1)NC(=O)[C@H](Cc1ccc(O)cc1)NC(=O)[C@@H]1CCCN1. The van der Waals surface area contributed by atoms with Crippen LogP contribution in [0.2, 0.25) is 0 Å². The number of likely N-dealkylation sites (tertiary alicyclic amines) is 2. The molecule has 60 heavy (non-hydrogen) atoms. The van der Waals surface area contributed by atoms with Gasteiger partial charge in [0.05, 0.1) is 12.6 Å². The van der Waals surface area contributed by atoms with Gasteiger partial charge in [-0.2, -0.15) is 0 Å². The Morgan fingerprint density at radius 3 is 1.77 bits per heavy atom. The van der Waals surface area contributed by atoms with Crippen LogP contribution in [0, 0.1) is 0 Å². The Labute approximate surface area is 348 Å². The summed E-state index contributed by atoms with van der Waals surface area (Å²) in [6.07, 6.45) is 3.37. The third kappa shape index (κ3) is 11.5. The third-order valence-electron chi connectivity index (χ3n) is 11.3. The number of carbonyl (C=O) groups is 7. The number of hydrogen-bond acceptors (Lipinski definition) is 9. The molecule has 3 saturated heterocycles. The molecule has 0 aliphatic carbocycles. The van der Waals surface area contributed by atoms with Crippen molar-refractivity contribution in [3.8, 4) is 5.75 Å². The minimum absolute atomic E-state index is 0.0505. The average molecular weight is 824 g/mol. The number of nitrogens with one attached hydrogen (secondary N) is 5. The molecule has 3 aromatic rings. The molecule has 0 radical (unpaired) electrons. The molecule has 16 heteroatoms. The maximum atomic E-state index is 14.4. The highest BCUT2D eigenvalue weighted by Crippen LogP contribution is 2.22. The first-order valence-corrected chi connectivity index (χ1v) is 20.6. The number of carboxylic acids is 1. The summed E-state index contributed by atoms with van der Waals surface area (Å²) in [5, 5.41) is 33.7. The molecule has 3 heterocycles. The topological polar surface area (TPSA) is 227 Å². The Kier molecular flexibility index (Phi) is 14.9. The molecule has 6 amide bonds. The normalized spacial score (nSPS) is 20.1. The predicted molar refractivity (Wildman–Crippen MR) is 219 cm³/mol. The van der Waals surface area contributed by atoms with Crippen molar-refractivity contribution in [2.24, 2.45) is 0 Å². The second-order valence-corrected chi connectivity index (χ2v) is 15.6. The second-order valence-electron chi connectivity index (χ2n) is 15.6. The number of aromatic hydroxyl groups is 1. The number of hydrogen-bond donors (Lipinski definition) is 7. The van der Waals surface area contributed by atoms with E-state index in [2.05, 4.69) is 26.6 Å². The van der Waals surface area contributed by atoms with E-state index in [9.17, 15) is 43.8 Å². The smallest absolute Gasteiger partial charge is 0.326 e. The molecule has 3 aliphatic heterocycles. The first-order valence-electron chi connectivity index (χ1n) is 20.6. The Bertz CT molecular complexity index is 1990. The second kappa shape index (κ2) is 20.6. The summed E-state index contributed by atoms with van der Waals surface area (Å²) in [6, 6.07) is 18.6. The lowest BCUT2D eigenvalue weighted by atomic mass is 10.0. The van der Waals surface area contributed by atoms with Crippen LogP contribution in [-0.2, 0) is 52.8 Å². The highest BCUT2D eigenvalue weighted by Gasteiger charge is 2.40. The van der Waals surface area contributed by atoms with Crippen LogP contribution in [0.5, 0.6) is 5.75 Å². The van der Waals surface area contributed by atoms with Gasteiger partial charge in [-0.3, -0.25) is 28.8 Å². The number of phenols is 1. The van der Waals surface area contributed by atoms with Crippen LogP contribution in [0.4, 0.5) is 0 Å². The van der Waals surface area contributed by atoms with Crippen LogP contribution in [0.1, 0.15) is 55.2 Å². The molecule has 16 nitrogen and oxygen atoms in total. The van der Waals surface area contributed by atoms with Gasteiger partial charge in [0.1, 0.15) is 36.0 Å². The number of phenolic OH excluding ortho intramolecular Hbond substituents is 1. The lowest BCUT2D eigenvalue weighted by Gasteiger charge is -2.30. The van der Waals surface area contributed by atoms with Gasteiger partial charge in [0, 0.05) is 32.4 Å². The summed E-state index contributed by atoms with van der Waals surface area (Å²) >= 11 is 0. The number of amides is 6. The molecule has 318 valence electrons. The van der Waals surface area contributed by atoms with Crippen molar-refractivity contribution in [1.82, 2.24) is 36.4 Å². The summed E-state index contributed by atoms with van der Waals surface area (Å²) in [5.41, 5.74) is 2.17. The quantitative estimate of drug-likeness (QED) is 0.101. The van der Waals surface area contributed by atoms with Crippen molar-refractivity contribution >= 4 is 41.4 Å². The van der Waals surface area contributed by atoms with Gasteiger partial charge in [0.15, 0.2) is 0 Å². The van der Waals surface area contributed by atoms with Crippen molar-refractivity contribution in [3.63, 3.8) is 0 Å². The summed E-state index contributed by atoms with van der Waals surface area (Å²) in [4.78, 5) is 97.0. The van der Waals surface area contributed by atoms with Gasteiger partial charge < -0.3 is 46.6 Å². The lowest BCUT2D eigenvalue weighted by molar-refractivity contribution is -0.144. The number of benzene rings is 3. The van der Waals surface area contributed by atoms with Gasteiger partial charge in [-0.1, -0.05) is 72.8 Å². The molecule has 3 aliphatic rings. The largest absolute Gasteiger partial charge is 0.508 e. The highest BCUT2D eigenvalue weighted by atomic mass is 16.4. The van der Waals surface area contributed by atoms with Crippen LogP contribution in [0.3, 0.4) is 0 Å². The van der Waals surface area contributed by atoms with Gasteiger partial charge in [0.25, 0.3) is 0 Å². The zero-order valence-corrected chi connectivity index (χ0v) is 33.4. The zero-order chi connectivity index (χ0) is 42.6. The van der Waals surface area contributed by atoms with Crippen LogP contribution in [0.15, 0.2) is 84.9 Å². The molecule has 0 bridgehead atoms. The zero-order valence-electron chi connectivity index (χ0n) is 33.4. The van der Waals surface area contributed by atoms with E-state index in [1.54, 1.807) is 42.5 Å². The minimum atomic E-state index is -1.20. The van der Waals surface area contributed by atoms with Crippen molar-refractivity contribution in [2.75, 3.05) is 26.2 Å². The lowest BCUT2D eigenvalue weighted by Crippen LogP contribution is -2.59. The molecule has 3 aromatic carbocycles. The molecule has 6 atom stereocenters. The standard InChI is InChI=1S/C44H53N7O9/c52-31-19-17-30(18-20-31)24-33(47-39(54)32-14-7-21-45-32)40(55)48-34(25-28-10-3-1-4-11-28)43(58)51-23-9-15-36(51)41(56)46-27-38(53)50-22-8-16-37(50)42(57)49-35(44(59)60)26-29-12-5-2-6-13-29/h1-6,10-13,17-20,32-37,45,52H,7-9,14-16,21-27H2,(H,46,56)(H,47,54)(H,48,55)(H,49,57)(H,59,60)/t32-,33-,34-,35-,36-,37-/m0/s1. The molecule has 3 fully saturated rings. The molecule has 7 N–H and O–H groups in total. The maximum Gasteiger partial charge on any atom is 0.326 e. The summed E-state index contributed by atoms with van der Waals surface area (Å²) in [5.74, 6) is -4.24. The molecule has 0 spiro atoms. The van der Waals surface area contributed by atoms with Gasteiger partial charge in [-0.05, 0) is 73.9 Å². The fraction of sp³-hybridized carbons (Fsp3) is 0.432. The van der Waals surface area contributed by atoms with Crippen molar-refractivity contribution in [1.29, 1.82) is 0 Å². The first-order chi connectivity index (χ1) is 29.0. The molecule has 6 rings (SSSR count). The van der Waals surface area contributed by atoms with Gasteiger partial charge >= 0.3 is 5.97 Å². The molecular formula is C44H53N7O9. The molecule has 0 unspecified atom stereocenters. The Hall–Kier alpha value is -6.29. The van der Waals surface area contributed by atoms with Crippen LogP contribution in [0.25, 0.3) is 0 Å². The fourth-order valence-electron chi connectivity index (χ4n) is 8.12. The van der Waals surface area contributed by atoms with E-state index < -0.39 is 78.3 Å². The first kappa shape index (κ1) is 43.3. The maximum absolute atomic E-state index is 14.4. The summed E-state index contributed by atoms with van der Waals surface area (Å²) in [7, 11) is 0. The van der Waals surface area contributed by atoms with Gasteiger partial charge in [0.2, 0.25) is 35.4 Å². The number of carboxylic acid groups (broad SMARTS) is 1. The molecular weight excluding hydrogens is 771 g/mol. The van der Waals surface area contributed by atoms with Gasteiger partial charge in [-0.25, -0.2) is 4.79 Å². The average Bonchev–Trinajstić information content (AvgIpc) is 4.07. The van der Waals surface area contributed by atoms with E-state index in [1.165, 1.54) is 21.9 Å². The van der Waals surface area contributed by atoms with E-state index >= 15 is 0 Å². The minimum Gasteiger partial charge on any atom is -0.508 e. The molecule has 0 saturated carbocycles.